The number of nitrogens with one attached hydrogen (secondary N) is 1. The van der Waals surface area contributed by atoms with Gasteiger partial charge in [-0.3, -0.25) is 4.72 Å². The van der Waals surface area contributed by atoms with Crippen molar-refractivity contribution < 1.29 is 17.2 Å². The second-order valence-corrected chi connectivity index (χ2v) is 6.59. The van der Waals surface area contributed by atoms with Crippen molar-refractivity contribution in [1.82, 2.24) is 4.98 Å². The van der Waals surface area contributed by atoms with E-state index in [2.05, 4.69) is 20.9 Å². The predicted octanol–water partition coefficient (Wildman–Crippen LogP) is 3.58. The number of benzene rings is 1. The number of sulfonamides is 1. The summed E-state index contributed by atoms with van der Waals surface area (Å²) < 4.78 is 52.6. The Morgan fingerprint density at radius 3 is 2.55 bits per heavy atom. The standard InChI is InChI=1S/C11H6BrClF2N2O2S/c12-8-3-6(14)4-9(15)11(8)17-20(18,19)7-1-2-16-10(13)5-7/h1-5,17H. The number of hydrogen-bond donors (Lipinski definition) is 1. The molecule has 20 heavy (non-hydrogen) atoms. The molecule has 0 fully saturated rings. The van der Waals surface area contributed by atoms with E-state index in [0.717, 1.165) is 12.1 Å². The van der Waals surface area contributed by atoms with Crippen LogP contribution in [0.3, 0.4) is 0 Å². The van der Waals surface area contributed by atoms with Gasteiger partial charge in [-0.1, -0.05) is 11.6 Å². The first-order chi connectivity index (χ1) is 9.29. The van der Waals surface area contributed by atoms with Crippen LogP contribution in [0.25, 0.3) is 0 Å². The Hall–Kier alpha value is -1.25. The summed E-state index contributed by atoms with van der Waals surface area (Å²) >= 11 is 8.49. The van der Waals surface area contributed by atoms with Crippen LogP contribution < -0.4 is 4.72 Å². The summed E-state index contributed by atoms with van der Waals surface area (Å²) in [5.74, 6) is -1.87. The summed E-state index contributed by atoms with van der Waals surface area (Å²) in [5.41, 5.74) is -0.390. The minimum Gasteiger partial charge on any atom is -0.275 e. The van der Waals surface area contributed by atoms with Crippen molar-refractivity contribution in [2.24, 2.45) is 0 Å². The van der Waals surface area contributed by atoms with Crippen LogP contribution in [0, 0.1) is 11.6 Å². The number of hydrogen-bond acceptors (Lipinski definition) is 3. The highest BCUT2D eigenvalue weighted by Gasteiger charge is 2.19. The molecule has 106 valence electrons. The molecule has 1 aromatic heterocycles. The fraction of sp³-hybridized carbons (Fsp3) is 0. The lowest BCUT2D eigenvalue weighted by Crippen LogP contribution is -2.14. The van der Waals surface area contributed by atoms with Gasteiger partial charge in [-0.15, -0.1) is 0 Å². The van der Waals surface area contributed by atoms with E-state index < -0.39 is 21.7 Å². The topological polar surface area (TPSA) is 59.1 Å². The molecule has 0 saturated carbocycles. The average Bonchev–Trinajstić information content (AvgIpc) is 2.34. The molecule has 1 N–H and O–H groups in total. The quantitative estimate of drug-likeness (QED) is 0.824. The largest absolute Gasteiger partial charge is 0.275 e. The monoisotopic (exact) mass is 382 g/mol. The lowest BCUT2D eigenvalue weighted by atomic mass is 10.3. The van der Waals surface area contributed by atoms with Crippen LogP contribution in [-0.2, 0) is 10.0 Å². The van der Waals surface area contributed by atoms with Gasteiger partial charge in [-0.05, 0) is 34.1 Å². The maximum atomic E-state index is 13.6. The van der Waals surface area contributed by atoms with Crippen molar-refractivity contribution in [3.05, 3.63) is 51.7 Å². The Morgan fingerprint density at radius 1 is 1.25 bits per heavy atom. The van der Waals surface area contributed by atoms with Gasteiger partial charge in [0.05, 0.1) is 10.6 Å². The number of rotatable bonds is 3. The molecule has 1 aromatic carbocycles. The van der Waals surface area contributed by atoms with Crippen molar-refractivity contribution in [3.63, 3.8) is 0 Å². The van der Waals surface area contributed by atoms with Gasteiger partial charge in [0.15, 0.2) is 5.82 Å². The minimum atomic E-state index is -4.06. The molecule has 0 radical (unpaired) electrons. The molecule has 0 saturated heterocycles. The Bertz CT molecular complexity index is 748. The first-order valence-electron chi connectivity index (χ1n) is 5.08. The zero-order valence-corrected chi connectivity index (χ0v) is 12.7. The van der Waals surface area contributed by atoms with Gasteiger partial charge in [-0.2, -0.15) is 0 Å². The average molecular weight is 384 g/mol. The number of pyridine rings is 1. The molecule has 0 atom stereocenters. The summed E-state index contributed by atoms with van der Waals surface area (Å²) in [6.07, 6.45) is 1.20. The highest BCUT2D eigenvalue weighted by atomic mass is 79.9. The second-order valence-electron chi connectivity index (χ2n) is 3.66. The molecule has 0 aliphatic heterocycles. The molecule has 0 aliphatic rings. The summed E-state index contributed by atoms with van der Waals surface area (Å²) in [6, 6.07) is 3.82. The zero-order chi connectivity index (χ0) is 14.9. The maximum absolute atomic E-state index is 13.6. The van der Waals surface area contributed by atoms with E-state index in [9.17, 15) is 17.2 Å². The number of anilines is 1. The fourth-order valence-electron chi connectivity index (χ4n) is 1.38. The first-order valence-corrected chi connectivity index (χ1v) is 7.74. The number of nitrogens with zero attached hydrogens (tertiary/aromatic N) is 1. The number of halogens is 4. The van der Waals surface area contributed by atoms with Gasteiger partial charge < -0.3 is 0 Å². The molecule has 0 amide bonds. The molecule has 0 unspecified atom stereocenters. The second kappa shape index (κ2) is 5.63. The van der Waals surface area contributed by atoms with Gasteiger partial charge in [0.1, 0.15) is 11.0 Å². The van der Waals surface area contributed by atoms with Crippen molar-refractivity contribution >= 4 is 43.2 Å². The van der Waals surface area contributed by atoms with Crippen LogP contribution in [0.1, 0.15) is 0 Å². The van der Waals surface area contributed by atoms with Gasteiger partial charge >= 0.3 is 0 Å². The highest BCUT2D eigenvalue weighted by molar-refractivity contribution is 9.10. The summed E-state index contributed by atoms with van der Waals surface area (Å²) in [4.78, 5) is 3.46. The van der Waals surface area contributed by atoms with Crippen molar-refractivity contribution in [2.75, 3.05) is 4.72 Å². The van der Waals surface area contributed by atoms with Crippen LogP contribution in [0.5, 0.6) is 0 Å². The molecule has 2 rings (SSSR count). The van der Waals surface area contributed by atoms with Crippen LogP contribution in [0.4, 0.5) is 14.5 Å². The molecular weight excluding hydrogens is 378 g/mol. The molecule has 9 heteroatoms. The molecule has 0 aliphatic carbocycles. The summed E-state index contributed by atoms with van der Waals surface area (Å²) in [6.45, 7) is 0. The molecule has 0 bridgehead atoms. The normalized spacial score (nSPS) is 11.4. The van der Waals surface area contributed by atoms with E-state index in [1.54, 1.807) is 0 Å². The maximum Gasteiger partial charge on any atom is 0.262 e. The Labute approximate surface area is 127 Å². The molecule has 2 aromatic rings. The van der Waals surface area contributed by atoms with Gasteiger partial charge in [0.2, 0.25) is 0 Å². The highest BCUT2D eigenvalue weighted by Crippen LogP contribution is 2.29. The molecule has 1 heterocycles. The predicted molar refractivity (Wildman–Crippen MR) is 74.1 cm³/mol. The van der Waals surface area contributed by atoms with E-state index in [1.165, 1.54) is 12.3 Å². The van der Waals surface area contributed by atoms with Crippen LogP contribution in [0.2, 0.25) is 5.15 Å². The van der Waals surface area contributed by atoms with E-state index in [0.29, 0.717) is 6.07 Å². The first kappa shape index (κ1) is 15.1. The van der Waals surface area contributed by atoms with E-state index >= 15 is 0 Å². The lowest BCUT2D eigenvalue weighted by Gasteiger charge is -2.11. The van der Waals surface area contributed by atoms with E-state index in [-0.39, 0.29) is 20.2 Å². The van der Waals surface area contributed by atoms with Gasteiger partial charge in [0.25, 0.3) is 10.0 Å². The molecule has 4 nitrogen and oxygen atoms in total. The minimum absolute atomic E-state index is 0.0217. The third-order valence-corrected chi connectivity index (χ3v) is 4.43. The Balaban J connectivity index is 2.44. The third kappa shape index (κ3) is 3.25. The summed E-state index contributed by atoms with van der Waals surface area (Å²) in [7, 11) is -4.06. The van der Waals surface area contributed by atoms with Crippen LogP contribution >= 0.6 is 27.5 Å². The van der Waals surface area contributed by atoms with Gasteiger partial charge in [0, 0.05) is 16.7 Å². The van der Waals surface area contributed by atoms with Crippen LogP contribution in [0.15, 0.2) is 39.8 Å². The van der Waals surface area contributed by atoms with Crippen molar-refractivity contribution in [3.8, 4) is 0 Å². The smallest absolute Gasteiger partial charge is 0.262 e. The zero-order valence-electron chi connectivity index (χ0n) is 9.57. The SMILES string of the molecule is O=S(=O)(Nc1c(F)cc(F)cc1Br)c1ccnc(Cl)c1. The third-order valence-electron chi connectivity index (χ3n) is 2.25. The van der Waals surface area contributed by atoms with Crippen molar-refractivity contribution in [2.45, 2.75) is 4.90 Å². The molecule has 0 spiro atoms. The van der Waals surface area contributed by atoms with E-state index in [4.69, 9.17) is 11.6 Å². The Kier molecular flexibility index (Phi) is 4.26. The molecular formula is C11H6BrClF2N2O2S. The van der Waals surface area contributed by atoms with Crippen molar-refractivity contribution in [1.29, 1.82) is 0 Å². The summed E-state index contributed by atoms with van der Waals surface area (Å²) in [5, 5.41) is -0.0217. The van der Waals surface area contributed by atoms with E-state index in [1.807, 2.05) is 4.72 Å². The fourth-order valence-corrected chi connectivity index (χ4v) is 3.36. The number of aromatic nitrogens is 1. The Morgan fingerprint density at radius 2 is 1.95 bits per heavy atom. The lowest BCUT2D eigenvalue weighted by molar-refractivity contribution is 0.581. The van der Waals surface area contributed by atoms with Gasteiger partial charge in [-0.25, -0.2) is 22.2 Å². The van der Waals surface area contributed by atoms with Crippen LogP contribution in [-0.4, -0.2) is 13.4 Å².